The summed E-state index contributed by atoms with van der Waals surface area (Å²) in [6, 6.07) is 3.54. The van der Waals surface area contributed by atoms with Crippen molar-refractivity contribution in [3.05, 3.63) is 23.4 Å². The minimum atomic E-state index is 0.0223. The maximum Gasteiger partial charge on any atom is 0.232 e. The van der Waals surface area contributed by atoms with Gasteiger partial charge >= 0.3 is 0 Å². The molecule has 2 amide bonds. The molecule has 0 saturated carbocycles. The first-order valence-electron chi connectivity index (χ1n) is 8.76. The molecule has 0 bridgehead atoms. The number of hydrogen-bond donors (Lipinski definition) is 1. The van der Waals surface area contributed by atoms with Crippen LogP contribution < -0.4 is 5.32 Å². The van der Waals surface area contributed by atoms with E-state index >= 15 is 0 Å². The second-order valence-corrected chi connectivity index (χ2v) is 8.08. The van der Waals surface area contributed by atoms with Crippen LogP contribution in [0.3, 0.4) is 0 Å². The predicted octanol–water partition coefficient (Wildman–Crippen LogP) is 3.23. The van der Waals surface area contributed by atoms with Gasteiger partial charge in [-0.2, -0.15) is 0 Å². The van der Waals surface area contributed by atoms with Crippen molar-refractivity contribution in [2.45, 2.75) is 38.1 Å². The quantitative estimate of drug-likeness (QED) is 0.734. The molecule has 25 heavy (non-hydrogen) atoms. The number of likely N-dealkylation sites (tertiary alicyclic amines) is 1. The van der Waals surface area contributed by atoms with E-state index in [-0.39, 0.29) is 17.7 Å². The predicted molar refractivity (Wildman–Crippen MR) is 102 cm³/mol. The topological polar surface area (TPSA) is 62.3 Å². The number of amides is 2. The zero-order chi connectivity index (χ0) is 18.2. The number of rotatable bonds is 7. The highest BCUT2D eigenvalue weighted by molar-refractivity contribution is 8.00. The van der Waals surface area contributed by atoms with Gasteiger partial charge in [-0.1, -0.05) is 37.2 Å². The van der Waals surface area contributed by atoms with Crippen LogP contribution in [0.4, 0.5) is 0 Å². The normalized spacial score (nSPS) is 15.4. The zero-order valence-corrected chi connectivity index (χ0v) is 16.4. The number of thioether (sulfide) groups is 1. The molecule has 7 heteroatoms. The van der Waals surface area contributed by atoms with Crippen LogP contribution in [0.5, 0.6) is 0 Å². The Morgan fingerprint density at radius 2 is 2.12 bits per heavy atom. The van der Waals surface area contributed by atoms with Crippen molar-refractivity contribution in [1.82, 2.24) is 15.2 Å². The summed E-state index contributed by atoms with van der Waals surface area (Å²) in [5.74, 6) is 1.13. The highest BCUT2D eigenvalue weighted by Crippen LogP contribution is 2.25. The molecule has 0 atom stereocenters. The van der Waals surface area contributed by atoms with Crippen LogP contribution in [0.2, 0.25) is 5.02 Å². The molecule has 0 radical (unpaired) electrons. The number of carbonyl (C=O) groups is 2. The van der Waals surface area contributed by atoms with E-state index in [2.05, 4.69) is 24.1 Å². The average molecular weight is 384 g/mol. The van der Waals surface area contributed by atoms with Gasteiger partial charge in [0.25, 0.3) is 0 Å². The summed E-state index contributed by atoms with van der Waals surface area (Å²) >= 11 is 7.41. The van der Waals surface area contributed by atoms with E-state index < -0.39 is 0 Å². The van der Waals surface area contributed by atoms with Gasteiger partial charge in [0.1, 0.15) is 5.03 Å². The van der Waals surface area contributed by atoms with Crippen LogP contribution in [0.1, 0.15) is 33.1 Å². The molecule has 1 fully saturated rings. The molecule has 0 aromatic carbocycles. The van der Waals surface area contributed by atoms with Crippen LogP contribution >= 0.6 is 23.4 Å². The second-order valence-electron chi connectivity index (χ2n) is 6.71. The number of hydrogen-bond acceptors (Lipinski definition) is 4. The van der Waals surface area contributed by atoms with Crippen molar-refractivity contribution in [3.8, 4) is 0 Å². The Morgan fingerprint density at radius 1 is 1.40 bits per heavy atom. The molecule has 1 saturated heterocycles. The monoisotopic (exact) mass is 383 g/mol. The SMILES string of the molecule is CC(C)CCNC(=O)C1CCN(C(=O)CSc2ncccc2Cl)CC1. The summed E-state index contributed by atoms with van der Waals surface area (Å²) < 4.78 is 0. The molecule has 1 aliphatic heterocycles. The Bertz CT molecular complexity index is 589. The fraction of sp³-hybridized carbons (Fsp3) is 0.611. The van der Waals surface area contributed by atoms with E-state index in [4.69, 9.17) is 11.6 Å². The van der Waals surface area contributed by atoms with Crippen molar-refractivity contribution in [1.29, 1.82) is 0 Å². The highest BCUT2D eigenvalue weighted by atomic mass is 35.5. The van der Waals surface area contributed by atoms with Crippen molar-refractivity contribution in [2.75, 3.05) is 25.4 Å². The Labute approximate surface area is 158 Å². The van der Waals surface area contributed by atoms with Crippen molar-refractivity contribution in [2.24, 2.45) is 11.8 Å². The van der Waals surface area contributed by atoms with Crippen LogP contribution in [0, 0.1) is 11.8 Å². The number of piperidine rings is 1. The van der Waals surface area contributed by atoms with Gasteiger partial charge in [0, 0.05) is 31.7 Å². The molecule has 1 aromatic rings. The molecule has 0 aliphatic carbocycles. The van der Waals surface area contributed by atoms with Crippen LogP contribution in [0.25, 0.3) is 0 Å². The Kier molecular flexibility index (Phi) is 8.03. The van der Waals surface area contributed by atoms with E-state index in [1.165, 1.54) is 11.8 Å². The van der Waals surface area contributed by atoms with Gasteiger partial charge < -0.3 is 10.2 Å². The number of nitrogens with one attached hydrogen (secondary N) is 1. The number of halogens is 1. The molecule has 1 aliphatic rings. The maximum absolute atomic E-state index is 12.3. The summed E-state index contributed by atoms with van der Waals surface area (Å²) in [6.07, 6.45) is 4.13. The lowest BCUT2D eigenvalue weighted by atomic mass is 9.96. The van der Waals surface area contributed by atoms with Gasteiger partial charge in [0.05, 0.1) is 10.8 Å². The van der Waals surface area contributed by atoms with Gasteiger partial charge in [0.15, 0.2) is 0 Å². The molecule has 1 N–H and O–H groups in total. The molecule has 0 spiro atoms. The van der Waals surface area contributed by atoms with E-state index in [0.717, 1.165) is 25.8 Å². The average Bonchev–Trinajstić information content (AvgIpc) is 2.60. The van der Waals surface area contributed by atoms with Crippen LogP contribution in [-0.4, -0.2) is 47.1 Å². The van der Waals surface area contributed by atoms with Crippen LogP contribution in [-0.2, 0) is 9.59 Å². The molecule has 0 unspecified atom stereocenters. The molecule has 2 rings (SSSR count). The zero-order valence-electron chi connectivity index (χ0n) is 14.8. The van der Waals surface area contributed by atoms with Gasteiger partial charge in [-0.25, -0.2) is 4.98 Å². The highest BCUT2D eigenvalue weighted by Gasteiger charge is 2.27. The van der Waals surface area contributed by atoms with Gasteiger partial charge in [-0.15, -0.1) is 0 Å². The summed E-state index contributed by atoms with van der Waals surface area (Å²) in [6.45, 7) is 6.30. The van der Waals surface area contributed by atoms with Gasteiger partial charge in [-0.3, -0.25) is 9.59 Å². The molecule has 2 heterocycles. The third-order valence-corrected chi connectivity index (χ3v) is 5.70. The second kappa shape index (κ2) is 10.0. The lowest BCUT2D eigenvalue weighted by Gasteiger charge is -2.31. The number of pyridine rings is 1. The minimum absolute atomic E-state index is 0.0223. The smallest absolute Gasteiger partial charge is 0.232 e. The standard InChI is InChI=1S/C18H26ClN3O2S/c1-13(2)5-9-20-17(24)14-6-10-22(11-7-14)16(23)12-25-18-15(19)4-3-8-21-18/h3-4,8,13-14H,5-7,9-12H2,1-2H3,(H,20,24). The van der Waals surface area contributed by atoms with Gasteiger partial charge in [-0.05, 0) is 37.3 Å². The minimum Gasteiger partial charge on any atom is -0.356 e. The van der Waals surface area contributed by atoms with E-state index in [0.29, 0.717) is 34.8 Å². The van der Waals surface area contributed by atoms with Crippen molar-refractivity contribution < 1.29 is 9.59 Å². The first kappa shape index (κ1) is 20.0. The molecular weight excluding hydrogens is 358 g/mol. The largest absolute Gasteiger partial charge is 0.356 e. The molecule has 1 aromatic heterocycles. The fourth-order valence-corrected chi connectivity index (χ4v) is 3.79. The lowest BCUT2D eigenvalue weighted by molar-refractivity contribution is -0.133. The Balaban J connectivity index is 1.71. The molecule has 138 valence electrons. The number of carbonyl (C=O) groups excluding carboxylic acids is 2. The summed E-state index contributed by atoms with van der Waals surface area (Å²) in [4.78, 5) is 30.5. The van der Waals surface area contributed by atoms with E-state index in [1.54, 1.807) is 18.3 Å². The summed E-state index contributed by atoms with van der Waals surface area (Å²) in [5.41, 5.74) is 0. The number of nitrogens with zero attached hydrogens (tertiary/aromatic N) is 2. The third kappa shape index (κ3) is 6.51. The molecule has 5 nitrogen and oxygen atoms in total. The Hall–Kier alpha value is -1.27. The Morgan fingerprint density at radius 3 is 2.76 bits per heavy atom. The number of aromatic nitrogens is 1. The van der Waals surface area contributed by atoms with Crippen molar-refractivity contribution >= 4 is 35.2 Å². The maximum atomic E-state index is 12.3. The van der Waals surface area contributed by atoms with E-state index in [9.17, 15) is 9.59 Å². The first-order chi connectivity index (χ1) is 12.0. The summed E-state index contributed by atoms with van der Waals surface area (Å²) in [5, 5.41) is 4.26. The fourth-order valence-electron chi connectivity index (χ4n) is 2.72. The summed E-state index contributed by atoms with van der Waals surface area (Å²) in [7, 11) is 0. The molecular formula is C18H26ClN3O2S. The van der Waals surface area contributed by atoms with Crippen molar-refractivity contribution in [3.63, 3.8) is 0 Å². The van der Waals surface area contributed by atoms with Gasteiger partial charge in [0.2, 0.25) is 11.8 Å². The third-order valence-electron chi connectivity index (χ3n) is 4.30. The first-order valence-corrected chi connectivity index (χ1v) is 10.1. The lowest BCUT2D eigenvalue weighted by Crippen LogP contribution is -2.43. The van der Waals surface area contributed by atoms with E-state index in [1.807, 2.05) is 4.90 Å². The van der Waals surface area contributed by atoms with Crippen LogP contribution in [0.15, 0.2) is 23.4 Å².